The van der Waals surface area contributed by atoms with Gasteiger partial charge < -0.3 is 15.0 Å². The molecule has 0 amide bonds. The predicted molar refractivity (Wildman–Crippen MR) is 158 cm³/mol. The molecule has 4 aliphatic carbocycles. The normalized spacial score (nSPS) is 34.0. The number of hydrogen-bond acceptors (Lipinski definition) is 7. The van der Waals surface area contributed by atoms with Crippen molar-refractivity contribution in [3.63, 3.8) is 0 Å². The molecule has 4 fully saturated rings. The quantitative estimate of drug-likeness (QED) is 0.420. The third-order valence-electron chi connectivity index (χ3n) is 11.9. The smallest absolute Gasteiger partial charge is 0.326 e. The fraction of sp³-hybridized carbons (Fsp3) is 0.606. The van der Waals surface area contributed by atoms with E-state index in [0.717, 1.165) is 56.9 Å². The lowest BCUT2D eigenvalue weighted by Crippen LogP contribution is -2.54. The van der Waals surface area contributed by atoms with E-state index in [4.69, 9.17) is 10.5 Å². The first-order valence-corrected chi connectivity index (χ1v) is 15.7. The number of esters is 1. The van der Waals surface area contributed by atoms with Gasteiger partial charge in [0, 0.05) is 24.7 Å². The Bertz CT molecular complexity index is 1600. The lowest BCUT2D eigenvalue weighted by Gasteiger charge is -2.60. The molecule has 0 spiro atoms. The molecule has 4 aliphatic rings. The first-order chi connectivity index (χ1) is 20.2. The van der Waals surface area contributed by atoms with Crippen molar-refractivity contribution < 1.29 is 14.3 Å². The molecule has 9 nitrogen and oxygen atoms in total. The minimum absolute atomic E-state index is 0.0121. The molecular formula is C33H41N5O4. The zero-order valence-electron chi connectivity index (χ0n) is 24.6. The molecule has 4 saturated carbocycles. The van der Waals surface area contributed by atoms with E-state index < -0.39 is 5.56 Å². The largest absolute Gasteiger partial charge is 0.460 e. The second-order valence-corrected chi connectivity index (χ2v) is 13.9. The van der Waals surface area contributed by atoms with Crippen molar-refractivity contribution >= 4 is 28.9 Å². The number of aromatic amines is 1. The number of nitrogens with two attached hydrogens (primary N) is 1. The maximum atomic E-state index is 13.6. The average Bonchev–Trinajstić information content (AvgIpc) is 3.46. The molecule has 7 rings (SSSR count). The Morgan fingerprint density at radius 1 is 1.02 bits per heavy atom. The fourth-order valence-electron chi connectivity index (χ4n) is 9.67. The van der Waals surface area contributed by atoms with E-state index in [2.05, 4.69) is 28.8 Å². The van der Waals surface area contributed by atoms with E-state index in [-0.39, 0.29) is 40.9 Å². The van der Waals surface area contributed by atoms with Crippen molar-refractivity contribution in [2.75, 3.05) is 5.73 Å². The molecule has 0 radical (unpaired) electrons. The number of rotatable bonds is 5. The Morgan fingerprint density at radius 2 is 1.81 bits per heavy atom. The van der Waals surface area contributed by atoms with Gasteiger partial charge in [-0.3, -0.25) is 19.4 Å². The van der Waals surface area contributed by atoms with Crippen molar-refractivity contribution in [3.05, 3.63) is 52.1 Å². The van der Waals surface area contributed by atoms with Crippen molar-refractivity contribution in [3.8, 4) is 0 Å². The standard InChI is InChI=1S/C33H41N5O4/c1-32-14-12-21(39)17-20(32)8-9-22-23-10-11-25(33(23,2)15-13-24(22)32)42-27(40)18-38-26(16-19-6-4-3-5-7-19)35-28-29(38)36-31(34)37-30(28)41/h3-7,20,22-25H,8-18H2,1-2H3,(H3,34,36,37,41)/t20-,22?,23?,24?,25-,32-,33-/m0/s1. The minimum atomic E-state index is -0.424. The van der Waals surface area contributed by atoms with Gasteiger partial charge in [-0.25, -0.2) is 4.98 Å². The predicted octanol–water partition coefficient (Wildman–Crippen LogP) is 4.82. The van der Waals surface area contributed by atoms with Crippen LogP contribution in [0.1, 0.15) is 83.0 Å². The van der Waals surface area contributed by atoms with Gasteiger partial charge in [0.1, 0.15) is 24.3 Å². The van der Waals surface area contributed by atoms with Gasteiger partial charge in [-0.1, -0.05) is 44.2 Å². The van der Waals surface area contributed by atoms with Gasteiger partial charge in [0.05, 0.1) is 0 Å². The molecule has 3 aromatic rings. The molecule has 0 saturated heterocycles. The van der Waals surface area contributed by atoms with Crippen molar-refractivity contribution in [2.24, 2.45) is 34.5 Å². The molecule has 0 aliphatic heterocycles. The van der Waals surface area contributed by atoms with E-state index in [1.807, 2.05) is 30.3 Å². The number of ketones is 1. The van der Waals surface area contributed by atoms with Gasteiger partial charge in [0.15, 0.2) is 11.2 Å². The fourth-order valence-corrected chi connectivity index (χ4v) is 9.67. The molecule has 0 bridgehead atoms. The van der Waals surface area contributed by atoms with Crippen LogP contribution in [-0.4, -0.2) is 37.4 Å². The number of Topliss-reactive ketones (excluding diaryl/α,β-unsaturated/α-hetero) is 1. The summed E-state index contributed by atoms with van der Waals surface area (Å²) in [5, 5.41) is 0. The van der Waals surface area contributed by atoms with Crippen LogP contribution in [0.3, 0.4) is 0 Å². The van der Waals surface area contributed by atoms with E-state index in [0.29, 0.717) is 47.3 Å². The number of ether oxygens (including phenoxy) is 1. The molecule has 7 atom stereocenters. The highest BCUT2D eigenvalue weighted by molar-refractivity contribution is 5.79. The summed E-state index contributed by atoms with van der Waals surface area (Å²) in [5.41, 5.74) is 7.15. The molecular weight excluding hydrogens is 530 g/mol. The molecule has 3 N–H and O–H groups in total. The average molecular weight is 572 g/mol. The number of aromatic nitrogens is 4. The molecule has 222 valence electrons. The lowest BCUT2D eigenvalue weighted by molar-refractivity contribution is -0.164. The summed E-state index contributed by atoms with van der Waals surface area (Å²) in [5.74, 6) is 3.03. The van der Waals surface area contributed by atoms with Gasteiger partial charge in [0.2, 0.25) is 5.95 Å². The van der Waals surface area contributed by atoms with Gasteiger partial charge >= 0.3 is 5.97 Å². The Kier molecular flexibility index (Phi) is 6.55. The van der Waals surface area contributed by atoms with E-state index >= 15 is 0 Å². The van der Waals surface area contributed by atoms with Crippen LogP contribution in [0.2, 0.25) is 0 Å². The number of nitrogens with zero attached hydrogens (tertiary/aromatic N) is 3. The third kappa shape index (κ3) is 4.38. The van der Waals surface area contributed by atoms with E-state index in [1.165, 1.54) is 6.42 Å². The molecule has 9 heteroatoms. The topological polar surface area (TPSA) is 133 Å². The molecule has 1 aromatic carbocycles. The Hall–Kier alpha value is -3.49. The Labute approximate surface area is 245 Å². The van der Waals surface area contributed by atoms with Crippen LogP contribution in [-0.2, 0) is 27.3 Å². The van der Waals surface area contributed by atoms with Crippen LogP contribution in [0.4, 0.5) is 5.95 Å². The lowest BCUT2D eigenvalue weighted by atomic mass is 9.45. The molecule has 2 aromatic heterocycles. The SMILES string of the molecule is C[C@]12CCC3C(CC[C@H]4CC(=O)CC[C@]34C)C1CC[C@@H]2OC(=O)Cn1c(Cc2ccccc2)nc2c(=O)[nH]c(N)nc21. The summed E-state index contributed by atoms with van der Waals surface area (Å²) < 4.78 is 8.01. The summed E-state index contributed by atoms with van der Waals surface area (Å²) in [6, 6.07) is 9.83. The van der Waals surface area contributed by atoms with Crippen LogP contribution in [0, 0.1) is 34.5 Å². The number of nitrogen functional groups attached to an aromatic ring is 1. The number of hydrogen-bond donors (Lipinski definition) is 2. The zero-order valence-corrected chi connectivity index (χ0v) is 24.6. The highest BCUT2D eigenvalue weighted by Crippen LogP contribution is 2.66. The Morgan fingerprint density at radius 3 is 2.62 bits per heavy atom. The summed E-state index contributed by atoms with van der Waals surface area (Å²) in [4.78, 5) is 49.9. The summed E-state index contributed by atoms with van der Waals surface area (Å²) in [6.07, 6.45) is 9.33. The van der Waals surface area contributed by atoms with Gasteiger partial charge in [-0.05, 0) is 79.6 Å². The number of benzene rings is 1. The van der Waals surface area contributed by atoms with Crippen molar-refractivity contribution in [1.29, 1.82) is 0 Å². The van der Waals surface area contributed by atoms with Crippen LogP contribution in [0.15, 0.2) is 35.1 Å². The van der Waals surface area contributed by atoms with Crippen LogP contribution in [0.25, 0.3) is 11.2 Å². The summed E-state index contributed by atoms with van der Waals surface area (Å²) in [7, 11) is 0. The van der Waals surface area contributed by atoms with E-state index in [1.54, 1.807) is 4.57 Å². The highest BCUT2D eigenvalue weighted by Gasteiger charge is 2.61. The first-order valence-electron chi connectivity index (χ1n) is 15.7. The number of carbonyl (C=O) groups excluding carboxylic acids is 2. The second-order valence-electron chi connectivity index (χ2n) is 13.9. The van der Waals surface area contributed by atoms with E-state index in [9.17, 15) is 14.4 Å². The second kappa shape index (κ2) is 10.1. The number of carbonyl (C=O) groups is 2. The number of nitrogens with one attached hydrogen (secondary N) is 1. The van der Waals surface area contributed by atoms with Gasteiger partial charge in [0.25, 0.3) is 5.56 Å². The van der Waals surface area contributed by atoms with Crippen LogP contribution < -0.4 is 11.3 Å². The monoisotopic (exact) mass is 571 g/mol. The molecule has 3 unspecified atom stereocenters. The third-order valence-corrected chi connectivity index (χ3v) is 11.9. The Balaban J connectivity index is 1.11. The maximum absolute atomic E-state index is 13.6. The van der Waals surface area contributed by atoms with Crippen LogP contribution >= 0.6 is 0 Å². The van der Waals surface area contributed by atoms with Crippen molar-refractivity contribution in [1.82, 2.24) is 19.5 Å². The zero-order chi connectivity index (χ0) is 29.2. The summed E-state index contributed by atoms with van der Waals surface area (Å²) >= 11 is 0. The molecule has 42 heavy (non-hydrogen) atoms. The summed E-state index contributed by atoms with van der Waals surface area (Å²) in [6.45, 7) is 4.73. The van der Waals surface area contributed by atoms with Gasteiger partial charge in [-0.15, -0.1) is 0 Å². The maximum Gasteiger partial charge on any atom is 0.326 e. The molecule has 2 heterocycles. The van der Waals surface area contributed by atoms with Crippen LogP contribution in [0.5, 0.6) is 0 Å². The minimum Gasteiger partial charge on any atom is -0.460 e. The highest BCUT2D eigenvalue weighted by atomic mass is 16.5. The first kappa shape index (κ1) is 27.3. The number of anilines is 1. The number of H-pyrrole nitrogens is 1. The number of fused-ring (bicyclic) bond motifs is 6. The van der Waals surface area contributed by atoms with Gasteiger partial charge in [-0.2, -0.15) is 4.98 Å². The number of imidazole rings is 1. The van der Waals surface area contributed by atoms with Crippen molar-refractivity contribution in [2.45, 2.75) is 90.7 Å².